The van der Waals surface area contributed by atoms with Crippen LogP contribution in [0.1, 0.15) is 30.1 Å². The van der Waals surface area contributed by atoms with E-state index in [2.05, 4.69) is 24.2 Å². The quantitative estimate of drug-likeness (QED) is 0.858. The van der Waals surface area contributed by atoms with E-state index in [4.69, 9.17) is 4.74 Å². The van der Waals surface area contributed by atoms with Crippen LogP contribution in [0.15, 0.2) is 24.3 Å². The summed E-state index contributed by atoms with van der Waals surface area (Å²) in [4.78, 5) is 13.8. The van der Waals surface area contributed by atoms with Crippen LogP contribution in [0.2, 0.25) is 0 Å². The van der Waals surface area contributed by atoms with Gasteiger partial charge in [-0.05, 0) is 70.1 Å². The van der Waals surface area contributed by atoms with Crippen LogP contribution < -0.4 is 5.32 Å². The second-order valence-corrected chi connectivity index (χ2v) is 5.64. The molecule has 0 aromatic heterocycles. The Morgan fingerprint density at radius 1 is 1.30 bits per heavy atom. The number of esters is 1. The number of rotatable bonds is 4. The van der Waals surface area contributed by atoms with Gasteiger partial charge in [0.2, 0.25) is 0 Å². The standard InChI is InChI=1S/C16H24N2O2/c1-12(13-8-10-18(2)11-9-13)17-15-6-4-14(5-7-15)16(19)20-3/h4-7,12-13,17H,8-11H2,1-3H3. The van der Waals surface area contributed by atoms with E-state index < -0.39 is 0 Å². The lowest BCUT2D eigenvalue weighted by atomic mass is 9.90. The molecular formula is C16H24N2O2. The summed E-state index contributed by atoms with van der Waals surface area (Å²) in [6, 6.07) is 7.94. The van der Waals surface area contributed by atoms with Crippen molar-refractivity contribution in [2.24, 2.45) is 5.92 Å². The van der Waals surface area contributed by atoms with E-state index in [9.17, 15) is 4.79 Å². The number of nitrogens with one attached hydrogen (secondary N) is 1. The highest BCUT2D eigenvalue weighted by atomic mass is 16.5. The molecule has 0 bridgehead atoms. The number of ether oxygens (including phenoxy) is 1. The first-order valence-corrected chi connectivity index (χ1v) is 7.23. The zero-order chi connectivity index (χ0) is 14.5. The number of hydrogen-bond donors (Lipinski definition) is 1. The van der Waals surface area contributed by atoms with Crippen molar-refractivity contribution in [1.82, 2.24) is 4.90 Å². The molecule has 0 amide bonds. The Bertz CT molecular complexity index is 436. The van der Waals surface area contributed by atoms with E-state index in [1.54, 1.807) is 12.1 Å². The van der Waals surface area contributed by atoms with Gasteiger partial charge in [-0.3, -0.25) is 0 Å². The van der Waals surface area contributed by atoms with Gasteiger partial charge in [0.25, 0.3) is 0 Å². The summed E-state index contributed by atoms with van der Waals surface area (Å²) in [5.41, 5.74) is 1.65. The molecule has 0 saturated carbocycles. The van der Waals surface area contributed by atoms with Crippen molar-refractivity contribution in [3.63, 3.8) is 0 Å². The minimum absolute atomic E-state index is 0.292. The Balaban J connectivity index is 1.91. The molecule has 1 N–H and O–H groups in total. The third-order valence-electron chi connectivity index (χ3n) is 4.17. The van der Waals surface area contributed by atoms with Crippen molar-refractivity contribution in [1.29, 1.82) is 0 Å². The molecule has 1 aromatic rings. The molecule has 1 heterocycles. The van der Waals surface area contributed by atoms with Gasteiger partial charge in [0, 0.05) is 11.7 Å². The molecule has 110 valence electrons. The number of carbonyl (C=O) groups excluding carboxylic acids is 1. The summed E-state index contributed by atoms with van der Waals surface area (Å²) in [5, 5.41) is 3.54. The molecule has 1 fully saturated rings. The number of hydrogen-bond acceptors (Lipinski definition) is 4. The van der Waals surface area contributed by atoms with E-state index in [-0.39, 0.29) is 5.97 Å². The lowest BCUT2D eigenvalue weighted by Crippen LogP contribution is -2.37. The van der Waals surface area contributed by atoms with Gasteiger partial charge in [-0.2, -0.15) is 0 Å². The van der Waals surface area contributed by atoms with Crippen LogP contribution in [0.5, 0.6) is 0 Å². The summed E-state index contributed by atoms with van der Waals surface area (Å²) >= 11 is 0. The van der Waals surface area contributed by atoms with E-state index >= 15 is 0 Å². The second-order valence-electron chi connectivity index (χ2n) is 5.64. The van der Waals surface area contributed by atoms with Crippen LogP contribution >= 0.6 is 0 Å². The molecule has 1 aromatic carbocycles. The molecule has 1 aliphatic rings. The normalized spacial score (nSPS) is 18.6. The Hall–Kier alpha value is -1.55. The van der Waals surface area contributed by atoms with Crippen molar-refractivity contribution < 1.29 is 9.53 Å². The Kier molecular flexibility index (Phi) is 5.01. The van der Waals surface area contributed by atoms with E-state index in [1.807, 2.05) is 12.1 Å². The monoisotopic (exact) mass is 276 g/mol. The molecule has 1 unspecified atom stereocenters. The first-order valence-electron chi connectivity index (χ1n) is 7.23. The molecule has 4 heteroatoms. The molecule has 1 atom stereocenters. The van der Waals surface area contributed by atoms with Gasteiger partial charge in [-0.25, -0.2) is 4.79 Å². The Morgan fingerprint density at radius 2 is 1.90 bits per heavy atom. The maximum absolute atomic E-state index is 11.4. The zero-order valence-corrected chi connectivity index (χ0v) is 12.6. The molecule has 0 aliphatic carbocycles. The number of carbonyl (C=O) groups is 1. The van der Waals surface area contributed by atoms with Crippen molar-refractivity contribution >= 4 is 11.7 Å². The topological polar surface area (TPSA) is 41.6 Å². The van der Waals surface area contributed by atoms with Gasteiger partial charge in [0.15, 0.2) is 0 Å². The van der Waals surface area contributed by atoms with E-state index in [0.717, 1.165) is 5.69 Å². The molecule has 20 heavy (non-hydrogen) atoms. The highest BCUT2D eigenvalue weighted by Gasteiger charge is 2.22. The molecule has 4 nitrogen and oxygen atoms in total. The third-order valence-corrected chi connectivity index (χ3v) is 4.17. The Morgan fingerprint density at radius 3 is 2.45 bits per heavy atom. The van der Waals surface area contributed by atoms with Crippen LogP contribution in [0.4, 0.5) is 5.69 Å². The highest BCUT2D eigenvalue weighted by molar-refractivity contribution is 5.89. The predicted molar refractivity (Wildman–Crippen MR) is 81.1 cm³/mol. The fraction of sp³-hybridized carbons (Fsp3) is 0.562. The lowest BCUT2D eigenvalue weighted by molar-refractivity contribution is 0.0601. The molecule has 1 aliphatic heterocycles. The van der Waals surface area contributed by atoms with Gasteiger partial charge >= 0.3 is 5.97 Å². The molecule has 0 spiro atoms. The third kappa shape index (κ3) is 3.73. The first-order chi connectivity index (χ1) is 9.60. The smallest absolute Gasteiger partial charge is 0.337 e. The number of likely N-dealkylation sites (tertiary alicyclic amines) is 1. The van der Waals surface area contributed by atoms with Crippen molar-refractivity contribution in [3.8, 4) is 0 Å². The van der Waals surface area contributed by atoms with Crippen molar-refractivity contribution in [2.45, 2.75) is 25.8 Å². The van der Waals surface area contributed by atoms with Gasteiger partial charge in [-0.15, -0.1) is 0 Å². The number of methoxy groups -OCH3 is 1. The van der Waals surface area contributed by atoms with Crippen LogP contribution in [-0.4, -0.2) is 44.2 Å². The number of nitrogens with zero attached hydrogens (tertiary/aromatic N) is 1. The minimum Gasteiger partial charge on any atom is -0.465 e. The van der Waals surface area contributed by atoms with Crippen LogP contribution in [0.25, 0.3) is 0 Å². The second kappa shape index (κ2) is 6.75. The average molecular weight is 276 g/mol. The molecule has 0 radical (unpaired) electrons. The van der Waals surface area contributed by atoms with Gasteiger partial charge < -0.3 is 15.0 Å². The Labute approximate surface area is 121 Å². The zero-order valence-electron chi connectivity index (χ0n) is 12.6. The van der Waals surface area contributed by atoms with Crippen molar-refractivity contribution in [3.05, 3.63) is 29.8 Å². The SMILES string of the molecule is COC(=O)c1ccc(NC(C)C2CCN(C)CC2)cc1. The first kappa shape index (κ1) is 14.9. The van der Waals surface area contributed by atoms with Gasteiger partial charge in [-0.1, -0.05) is 0 Å². The van der Waals surface area contributed by atoms with Crippen molar-refractivity contribution in [2.75, 3.05) is 32.6 Å². The largest absolute Gasteiger partial charge is 0.465 e. The molecule has 2 rings (SSSR count). The van der Waals surface area contributed by atoms with Crippen LogP contribution in [-0.2, 0) is 4.74 Å². The summed E-state index contributed by atoms with van der Waals surface area (Å²) in [6.45, 7) is 4.60. The summed E-state index contributed by atoms with van der Waals surface area (Å²) in [5.74, 6) is 0.423. The van der Waals surface area contributed by atoms with E-state index in [1.165, 1.54) is 33.0 Å². The van der Waals surface area contributed by atoms with Gasteiger partial charge in [0.1, 0.15) is 0 Å². The highest BCUT2D eigenvalue weighted by Crippen LogP contribution is 2.22. The number of piperidine rings is 1. The molecular weight excluding hydrogens is 252 g/mol. The minimum atomic E-state index is -0.292. The maximum atomic E-state index is 11.4. The predicted octanol–water partition coefficient (Wildman–Crippen LogP) is 2.62. The van der Waals surface area contributed by atoms with E-state index in [0.29, 0.717) is 17.5 Å². The van der Waals surface area contributed by atoms with Crippen LogP contribution in [0, 0.1) is 5.92 Å². The van der Waals surface area contributed by atoms with Crippen LogP contribution in [0.3, 0.4) is 0 Å². The molecule has 1 saturated heterocycles. The van der Waals surface area contributed by atoms with Gasteiger partial charge in [0.05, 0.1) is 12.7 Å². The summed E-state index contributed by atoms with van der Waals surface area (Å²) in [6.07, 6.45) is 2.48. The maximum Gasteiger partial charge on any atom is 0.337 e. The fourth-order valence-electron chi connectivity index (χ4n) is 2.73. The average Bonchev–Trinajstić information content (AvgIpc) is 2.48. The summed E-state index contributed by atoms with van der Waals surface area (Å²) in [7, 11) is 3.58. The number of benzene rings is 1. The number of anilines is 1. The summed E-state index contributed by atoms with van der Waals surface area (Å²) < 4.78 is 4.70. The lowest BCUT2D eigenvalue weighted by Gasteiger charge is -2.33. The fourth-order valence-corrected chi connectivity index (χ4v) is 2.73.